The van der Waals surface area contributed by atoms with Crippen LogP contribution in [0.1, 0.15) is 15.9 Å². The van der Waals surface area contributed by atoms with Gasteiger partial charge >= 0.3 is 5.97 Å². The van der Waals surface area contributed by atoms with Crippen LogP contribution < -0.4 is 4.31 Å². The van der Waals surface area contributed by atoms with E-state index in [4.69, 9.17) is 0 Å². The molecule has 2 aromatic rings. The van der Waals surface area contributed by atoms with Crippen LogP contribution in [0, 0.1) is 10.1 Å². The lowest BCUT2D eigenvalue weighted by Crippen LogP contribution is -2.28. The third-order valence-electron chi connectivity index (χ3n) is 3.60. The van der Waals surface area contributed by atoms with Crippen molar-refractivity contribution in [3.63, 3.8) is 0 Å². The van der Waals surface area contributed by atoms with E-state index >= 15 is 0 Å². The predicted octanol–water partition coefficient (Wildman–Crippen LogP) is 2.35. The van der Waals surface area contributed by atoms with E-state index in [1.54, 1.807) is 6.07 Å². The van der Waals surface area contributed by atoms with Crippen molar-refractivity contribution in [1.82, 2.24) is 0 Å². The Kier molecular flexibility index (Phi) is 5.38. The SMILES string of the molecule is COC(=O)c1ccc(N(C)S(=O)(=O)Cc2ccccc2[N+](=O)[O-])cc1. The Morgan fingerprint density at radius 1 is 1.16 bits per heavy atom. The Balaban J connectivity index is 2.28. The lowest BCUT2D eigenvalue weighted by Gasteiger charge is -2.19. The van der Waals surface area contributed by atoms with Gasteiger partial charge in [0.2, 0.25) is 10.0 Å². The van der Waals surface area contributed by atoms with E-state index in [2.05, 4.69) is 4.74 Å². The Labute approximate surface area is 144 Å². The van der Waals surface area contributed by atoms with Gasteiger partial charge in [-0.05, 0) is 24.3 Å². The van der Waals surface area contributed by atoms with Gasteiger partial charge in [0.05, 0.1) is 23.3 Å². The van der Waals surface area contributed by atoms with Crippen molar-refractivity contribution in [3.8, 4) is 0 Å². The summed E-state index contributed by atoms with van der Waals surface area (Å²) in [5.41, 5.74) is 0.466. The predicted molar refractivity (Wildman–Crippen MR) is 91.9 cm³/mol. The molecule has 2 aromatic carbocycles. The average molecular weight is 364 g/mol. The number of esters is 1. The minimum Gasteiger partial charge on any atom is -0.465 e. The zero-order valence-electron chi connectivity index (χ0n) is 13.6. The molecule has 0 N–H and O–H groups in total. The number of rotatable bonds is 6. The van der Waals surface area contributed by atoms with Crippen LogP contribution in [0.2, 0.25) is 0 Å². The maximum absolute atomic E-state index is 12.6. The van der Waals surface area contributed by atoms with Gasteiger partial charge in [-0.3, -0.25) is 14.4 Å². The third kappa shape index (κ3) is 4.13. The van der Waals surface area contributed by atoms with Gasteiger partial charge in [-0.2, -0.15) is 0 Å². The van der Waals surface area contributed by atoms with E-state index in [0.717, 1.165) is 4.31 Å². The maximum Gasteiger partial charge on any atom is 0.337 e. The van der Waals surface area contributed by atoms with Crippen LogP contribution in [0.3, 0.4) is 0 Å². The molecule has 0 spiro atoms. The van der Waals surface area contributed by atoms with Crippen molar-refractivity contribution >= 4 is 27.4 Å². The second kappa shape index (κ2) is 7.31. The first-order valence-electron chi connectivity index (χ1n) is 7.13. The number of nitro benzene ring substituents is 1. The summed E-state index contributed by atoms with van der Waals surface area (Å²) in [5, 5.41) is 11.0. The number of nitro groups is 1. The molecular formula is C16H16N2O6S. The summed E-state index contributed by atoms with van der Waals surface area (Å²) in [4.78, 5) is 21.8. The van der Waals surface area contributed by atoms with Crippen LogP contribution in [0.4, 0.5) is 11.4 Å². The molecule has 0 radical (unpaired) electrons. The van der Waals surface area contributed by atoms with E-state index in [1.807, 2.05) is 0 Å². The number of hydrogen-bond acceptors (Lipinski definition) is 6. The molecule has 0 atom stereocenters. The molecule has 25 heavy (non-hydrogen) atoms. The van der Waals surface area contributed by atoms with Gasteiger partial charge < -0.3 is 4.74 Å². The highest BCUT2D eigenvalue weighted by atomic mass is 32.2. The standard InChI is InChI=1S/C16H16N2O6S/c1-17(14-9-7-12(8-10-14)16(19)24-2)25(22,23)11-13-5-3-4-6-15(13)18(20)21/h3-10H,11H2,1-2H3. The minimum atomic E-state index is -3.85. The van der Waals surface area contributed by atoms with Crippen molar-refractivity contribution in [3.05, 3.63) is 69.8 Å². The van der Waals surface area contributed by atoms with Crippen molar-refractivity contribution in [2.75, 3.05) is 18.5 Å². The van der Waals surface area contributed by atoms with Crippen molar-refractivity contribution < 1.29 is 22.9 Å². The zero-order valence-corrected chi connectivity index (χ0v) is 14.4. The van der Waals surface area contributed by atoms with Gasteiger partial charge in [-0.15, -0.1) is 0 Å². The number of carbonyl (C=O) groups excluding carboxylic acids is 1. The number of carbonyl (C=O) groups is 1. The molecule has 0 amide bonds. The topological polar surface area (TPSA) is 107 Å². The highest BCUT2D eigenvalue weighted by Crippen LogP contribution is 2.24. The minimum absolute atomic E-state index is 0.102. The molecule has 0 aliphatic heterocycles. The highest BCUT2D eigenvalue weighted by molar-refractivity contribution is 7.92. The number of benzene rings is 2. The normalized spacial score (nSPS) is 11.0. The lowest BCUT2D eigenvalue weighted by atomic mass is 10.2. The van der Waals surface area contributed by atoms with Crippen LogP contribution in [0.25, 0.3) is 0 Å². The molecule has 0 aliphatic carbocycles. The van der Waals surface area contributed by atoms with Crippen LogP contribution in [0.15, 0.2) is 48.5 Å². The Morgan fingerprint density at radius 3 is 2.32 bits per heavy atom. The van der Waals surface area contributed by atoms with E-state index in [1.165, 1.54) is 56.6 Å². The Morgan fingerprint density at radius 2 is 1.76 bits per heavy atom. The molecule has 0 aromatic heterocycles. The number of para-hydroxylation sites is 1. The summed E-state index contributed by atoms with van der Waals surface area (Å²) in [6.07, 6.45) is 0. The molecule has 2 rings (SSSR count). The summed E-state index contributed by atoms with van der Waals surface area (Å²) in [6.45, 7) is 0. The third-order valence-corrected chi connectivity index (χ3v) is 5.32. The number of sulfonamides is 1. The number of hydrogen-bond donors (Lipinski definition) is 0. The summed E-state index contributed by atoms with van der Waals surface area (Å²) < 4.78 is 30.7. The van der Waals surface area contributed by atoms with Gasteiger partial charge in [0.15, 0.2) is 0 Å². The first kappa shape index (κ1) is 18.4. The second-order valence-corrected chi connectivity index (χ2v) is 7.15. The van der Waals surface area contributed by atoms with Gasteiger partial charge in [0.25, 0.3) is 5.69 Å². The maximum atomic E-state index is 12.6. The molecule has 0 saturated heterocycles. The van der Waals surface area contributed by atoms with Gasteiger partial charge in [0, 0.05) is 18.7 Å². The van der Waals surface area contributed by atoms with Crippen LogP contribution in [-0.4, -0.2) is 33.5 Å². The van der Waals surface area contributed by atoms with Crippen molar-refractivity contribution in [2.45, 2.75) is 5.75 Å². The van der Waals surface area contributed by atoms with E-state index < -0.39 is 26.7 Å². The smallest absolute Gasteiger partial charge is 0.337 e. The molecule has 8 nitrogen and oxygen atoms in total. The lowest BCUT2D eigenvalue weighted by molar-refractivity contribution is -0.385. The molecule has 0 bridgehead atoms. The summed E-state index contributed by atoms with van der Waals surface area (Å²) in [5.74, 6) is -1.05. The molecule has 0 aliphatic rings. The van der Waals surface area contributed by atoms with Crippen LogP contribution in [-0.2, 0) is 20.5 Å². The number of nitrogens with zero attached hydrogens (tertiary/aromatic N) is 2. The molecule has 9 heteroatoms. The number of ether oxygens (including phenoxy) is 1. The van der Waals surface area contributed by atoms with Gasteiger partial charge in [-0.1, -0.05) is 18.2 Å². The van der Waals surface area contributed by atoms with Crippen LogP contribution in [0.5, 0.6) is 0 Å². The van der Waals surface area contributed by atoms with Crippen molar-refractivity contribution in [2.24, 2.45) is 0 Å². The number of anilines is 1. The van der Waals surface area contributed by atoms with Crippen molar-refractivity contribution in [1.29, 1.82) is 0 Å². The first-order valence-corrected chi connectivity index (χ1v) is 8.74. The molecule has 0 saturated carbocycles. The first-order chi connectivity index (χ1) is 11.8. The Hall–Kier alpha value is -2.94. The summed E-state index contributed by atoms with van der Waals surface area (Å²) >= 11 is 0. The second-order valence-electron chi connectivity index (χ2n) is 5.15. The fourth-order valence-corrected chi connectivity index (χ4v) is 3.46. The quantitative estimate of drug-likeness (QED) is 0.442. The largest absolute Gasteiger partial charge is 0.465 e. The summed E-state index contributed by atoms with van der Waals surface area (Å²) in [7, 11) is -1.25. The van der Waals surface area contributed by atoms with Gasteiger partial charge in [-0.25, -0.2) is 13.2 Å². The highest BCUT2D eigenvalue weighted by Gasteiger charge is 2.24. The van der Waals surface area contributed by atoms with Gasteiger partial charge in [0.1, 0.15) is 5.75 Å². The fourth-order valence-electron chi connectivity index (χ4n) is 2.19. The fraction of sp³-hybridized carbons (Fsp3) is 0.188. The Bertz CT molecular complexity index is 893. The average Bonchev–Trinajstić information content (AvgIpc) is 2.60. The molecule has 132 valence electrons. The van der Waals surface area contributed by atoms with E-state index in [0.29, 0.717) is 5.69 Å². The van der Waals surface area contributed by atoms with Crippen LogP contribution >= 0.6 is 0 Å². The van der Waals surface area contributed by atoms with E-state index in [9.17, 15) is 23.3 Å². The molecular weight excluding hydrogens is 348 g/mol. The molecule has 0 fully saturated rings. The molecule has 0 unspecified atom stereocenters. The summed E-state index contributed by atoms with van der Waals surface area (Å²) in [6, 6.07) is 11.5. The van der Waals surface area contributed by atoms with E-state index in [-0.39, 0.29) is 16.8 Å². The monoisotopic (exact) mass is 364 g/mol. The number of methoxy groups -OCH3 is 1. The molecule has 0 heterocycles. The zero-order chi connectivity index (χ0) is 18.6.